The second-order valence-electron chi connectivity index (χ2n) is 6.47. The summed E-state index contributed by atoms with van der Waals surface area (Å²) in [5.41, 5.74) is 1.89. The molecule has 2 aromatic rings. The number of carbonyl (C=O) groups excluding carboxylic acids is 1. The molecule has 1 amide bonds. The van der Waals surface area contributed by atoms with E-state index in [1.807, 2.05) is 55.1 Å². The fourth-order valence-electron chi connectivity index (χ4n) is 3.07. The molecular formula is C19H23ClN2O2S. The molecule has 0 saturated carbocycles. The van der Waals surface area contributed by atoms with Crippen molar-refractivity contribution in [1.29, 1.82) is 0 Å². The van der Waals surface area contributed by atoms with Crippen LogP contribution < -0.4 is 5.32 Å². The number of ether oxygens (including phenoxy) is 1. The van der Waals surface area contributed by atoms with Gasteiger partial charge in [-0.3, -0.25) is 4.79 Å². The Bertz CT molecular complexity index is 706. The smallest absolute Gasteiger partial charge is 0.254 e. The van der Waals surface area contributed by atoms with Crippen molar-refractivity contribution in [3.63, 3.8) is 0 Å². The number of benzene rings is 1. The monoisotopic (exact) mass is 378 g/mol. The minimum atomic E-state index is 0.0785. The second kappa shape index (κ2) is 8.32. The highest BCUT2D eigenvalue weighted by Crippen LogP contribution is 2.21. The molecule has 4 nitrogen and oxygen atoms in total. The molecule has 25 heavy (non-hydrogen) atoms. The summed E-state index contributed by atoms with van der Waals surface area (Å²) in [4.78, 5) is 15.7. The van der Waals surface area contributed by atoms with Gasteiger partial charge in [-0.15, -0.1) is 11.3 Å². The van der Waals surface area contributed by atoms with Crippen molar-refractivity contribution in [2.75, 3.05) is 13.1 Å². The Hall–Kier alpha value is -1.40. The van der Waals surface area contributed by atoms with Crippen LogP contribution in [0.1, 0.15) is 34.6 Å². The molecule has 1 N–H and O–H groups in total. The van der Waals surface area contributed by atoms with Crippen LogP contribution in [0.4, 0.5) is 0 Å². The number of halogens is 1. The number of nitrogens with one attached hydrogen (secondary N) is 1. The van der Waals surface area contributed by atoms with Gasteiger partial charge in [0.1, 0.15) is 0 Å². The number of hydrogen-bond acceptors (Lipinski definition) is 4. The van der Waals surface area contributed by atoms with Gasteiger partial charge in [0.25, 0.3) is 5.91 Å². The van der Waals surface area contributed by atoms with Crippen LogP contribution in [0.15, 0.2) is 36.4 Å². The van der Waals surface area contributed by atoms with Gasteiger partial charge < -0.3 is 15.0 Å². The van der Waals surface area contributed by atoms with Gasteiger partial charge in [0, 0.05) is 36.6 Å². The molecule has 2 unspecified atom stereocenters. The Kier molecular flexibility index (Phi) is 6.12. The molecule has 0 spiro atoms. The van der Waals surface area contributed by atoms with E-state index in [1.54, 1.807) is 11.3 Å². The molecular weight excluding hydrogens is 356 g/mol. The van der Waals surface area contributed by atoms with E-state index in [4.69, 9.17) is 16.3 Å². The number of hydrogen-bond donors (Lipinski definition) is 1. The van der Waals surface area contributed by atoms with Crippen LogP contribution in [0.3, 0.4) is 0 Å². The molecule has 2 heterocycles. The lowest BCUT2D eigenvalue weighted by Crippen LogP contribution is -2.48. The minimum Gasteiger partial charge on any atom is -0.372 e. The number of thiophene rings is 1. The predicted octanol–water partition coefficient (Wildman–Crippen LogP) is 3.94. The summed E-state index contributed by atoms with van der Waals surface area (Å²) in [6.07, 6.45) is 0.170. The summed E-state index contributed by atoms with van der Waals surface area (Å²) in [6.45, 7) is 6.86. The maximum Gasteiger partial charge on any atom is 0.254 e. The first-order valence-electron chi connectivity index (χ1n) is 8.50. The molecule has 0 radical (unpaired) electrons. The number of morpholine rings is 1. The third kappa shape index (κ3) is 5.05. The Morgan fingerprint density at radius 1 is 1.16 bits per heavy atom. The van der Waals surface area contributed by atoms with Crippen molar-refractivity contribution in [3.8, 4) is 0 Å². The van der Waals surface area contributed by atoms with Crippen molar-refractivity contribution < 1.29 is 9.53 Å². The van der Waals surface area contributed by atoms with Crippen LogP contribution in [0, 0.1) is 0 Å². The summed E-state index contributed by atoms with van der Waals surface area (Å²) in [6, 6.07) is 11.8. The van der Waals surface area contributed by atoms with Gasteiger partial charge in [-0.05, 0) is 43.7 Å². The van der Waals surface area contributed by atoms with E-state index >= 15 is 0 Å². The first kappa shape index (κ1) is 18.4. The zero-order chi connectivity index (χ0) is 17.8. The lowest BCUT2D eigenvalue weighted by molar-refractivity contribution is -0.0586. The van der Waals surface area contributed by atoms with Gasteiger partial charge in [-0.1, -0.05) is 23.7 Å². The standard InChI is InChI=1S/C19H23ClN2O2S/c1-13-11-22(12-14(2)24-13)19(23)16-5-3-15(4-6-16)9-21-10-17-7-8-18(20)25-17/h3-8,13-14,21H,9-12H2,1-2H3. The van der Waals surface area contributed by atoms with E-state index in [2.05, 4.69) is 5.32 Å². The van der Waals surface area contributed by atoms with E-state index < -0.39 is 0 Å². The van der Waals surface area contributed by atoms with Crippen molar-refractivity contribution in [2.45, 2.75) is 39.1 Å². The lowest BCUT2D eigenvalue weighted by Gasteiger charge is -2.35. The first-order valence-corrected chi connectivity index (χ1v) is 9.69. The zero-order valence-electron chi connectivity index (χ0n) is 14.5. The topological polar surface area (TPSA) is 41.6 Å². The quantitative estimate of drug-likeness (QED) is 0.856. The van der Waals surface area contributed by atoms with E-state index in [-0.39, 0.29) is 18.1 Å². The average Bonchev–Trinajstić information content (AvgIpc) is 2.99. The van der Waals surface area contributed by atoms with Crippen LogP contribution in [0.2, 0.25) is 4.34 Å². The molecule has 6 heteroatoms. The van der Waals surface area contributed by atoms with E-state index in [0.717, 1.165) is 28.6 Å². The van der Waals surface area contributed by atoms with E-state index in [1.165, 1.54) is 4.88 Å². The van der Waals surface area contributed by atoms with Crippen LogP contribution in [0.25, 0.3) is 0 Å². The van der Waals surface area contributed by atoms with Crippen LogP contribution in [-0.2, 0) is 17.8 Å². The highest BCUT2D eigenvalue weighted by atomic mass is 35.5. The Morgan fingerprint density at radius 2 is 1.84 bits per heavy atom. The van der Waals surface area contributed by atoms with Crippen molar-refractivity contribution >= 4 is 28.8 Å². The van der Waals surface area contributed by atoms with Crippen molar-refractivity contribution in [1.82, 2.24) is 10.2 Å². The van der Waals surface area contributed by atoms with Crippen LogP contribution >= 0.6 is 22.9 Å². The number of nitrogens with zero attached hydrogens (tertiary/aromatic N) is 1. The number of rotatable bonds is 5. The minimum absolute atomic E-state index is 0.0785. The van der Waals surface area contributed by atoms with E-state index in [0.29, 0.717) is 13.1 Å². The normalized spacial score (nSPS) is 20.7. The number of carbonyl (C=O) groups is 1. The first-order chi connectivity index (χ1) is 12.0. The fraction of sp³-hybridized carbons (Fsp3) is 0.421. The molecule has 1 saturated heterocycles. The van der Waals surface area contributed by atoms with Gasteiger partial charge >= 0.3 is 0 Å². The molecule has 1 aliphatic rings. The summed E-state index contributed by atoms with van der Waals surface area (Å²) >= 11 is 7.52. The van der Waals surface area contributed by atoms with Crippen molar-refractivity contribution in [3.05, 3.63) is 56.7 Å². The van der Waals surface area contributed by atoms with Crippen molar-refractivity contribution in [2.24, 2.45) is 0 Å². The summed E-state index contributed by atoms with van der Waals surface area (Å²) < 4.78 is 6.51. The molecule has 0 aliphatic carbocycles. The molecule has 0 bridgehead atoms. The van der Waals surface area contributed by atoms with Gasteiger partial charge in [0.15, 0.2) is 0 Å². The molecule has 3 rings (SSSR count). The highest BCUT2D eigenvalue weighted by molar-refractivity contribution is 7.16. The van der Waals surface area contributed by atoms with Crippen LogP contribution in [-0.4, -0.2) is 36.1 Å². The summed E-state index contributed by atoms with van der Waals surface area (Å²) in [7, 11) is 0. The predicted molar refractivity (Wildman–Crippen MR) is 102 cm³/mol. The Morgan fingerprint density at radius 3 is 2.44 bits per heavy atom. The van der Waals surface area contributed by atoms with Gasteiger partial charge in [0.05, 0.1) is 16.5 Å². The zero-order valence-corrected chi connectivity index (χ0v) is 16.1. The average molecular weight is 379 g/mol. The third-order valence-corrected chi connectivity index (χ3v) is 5.40. The highest BCUT2D eigenvalue weighted by Gasteiger charge is 2.26. The van der Waals surface area contributed by atoms with Gasteiger partial charge in [-0.2, -0.15) is 0 Å². The maximum atomic E-state index is 12.6. The molecule has 1 aromatic carbocycles. The third-order valence-electron chi connectivity index (χ3n) is 4.16. The summed E-state index contributed by atoms with van der Waals surface area (Å²) in [5, 5.41) is 3.39. The molecule has 1 fully saturated rings. The lowest BCUT2D eigenvalue weighted by atomic mass is 10.1. The second-order valence-corrected chi connectivity index (χ2v) is 8.27. The molecule has 1 aromatic heterocycles. The molecule has 2 atom stereocenters. The Labute approximate surface area is 157 Å². The van der Waals surface area contributed by atoms with Gasteiger partial charge in [0.2, 0.25) is 0 Å². The summed E-state index contributed by atoms with van der Waals surface area (Å²) in [5.74, 6) is 0.0785. The maximum absolute atomic E-state index is 12.6. The van der Waals surface area contributed by atoms with E-state index in [9.17, 15) is 4.79 Å². The fourth-order valence-corrected chi connectivity index (χ4v) is 4.13. The number of amides is 1. The molecule has 1 aliphatic heterocycles. The SMILES string of the molecule is CC1CN(C(=O)c2ccc(CNCc3ccc(Cl)s3)cc2)CC(C)O1. The van der Waals surface area contributed by atoms with Crippen LogP contribution in [0.5, 0.6) is 0 Å². The largest absolute Gasteiger partial charge is 0.372 e. The Balaban J connectivity index is 1.53. The molecule has 134 valence electrons. The van der Waals surface area contributed by atoms with Gasteiger partial charge in [-0.25, -0.2) is 0 Å².